The van der Waals surface area contributed by atoms with Gasteiger partial charge in [0.15, 0.2) is 0 Å². The molecule has 1 heterocycles. The molecule has 1 amide bonds. The molecule has 3 aromatic rings. The van der Waals surface area contributed by atoms with Crippen LogP contribution in [0.3, 0.4) is 0 Å². The molecule has 0 fully saturated rings. The van der Waals surface area contributed by atoms with Crippen LogP contribution < -0.4 is 0 Å². The van der Waals surface area contributed by atoms with Crippen molar-refractivity contribution in [2.75, 3.05) is 12.8 Å². The first-order valence-corrected chi connectivity index (χ1v) is 10.1. The van der Waals surface area contributed by atoms with Crippen molar-refractivity contribution in [3.05, 3.63) is 77.3 Å². The van der Waals surface area contributed by atoms with Crippen molar-refractivity contribution in [2.45, 2.75) is 18.7 Å². The first kappa shape index (κ1) is 19.5. The molecule has 0 aliphatic rings. The van der Waals surface area contributed by atoms with Gasteiger partial charge in [-0.2, -0.15) is 5.10 Å². The maximum absolute atomic E-state index is 12.5. The van der Waals surface area contributed by atoms with Crippen molar-refractivity contribution in [3.8, 4) is 5.69 Å². The van der Waals surface area contributed by atoms with Crippen molar-refractivity contribution in [1.29, 1.82) is 0 Å². The van der Waals surface area contributed by atoms with Gasteiger partial charge in [-0.1, -0.05) is 35.9 Å². The van der Waals surface area contributed by atoms with E-state index in [0.717, 1.165) is 27.6 Å². The highest BCUT2D eigenvalue weighted by atomic mass is 35.5. The normalized spacial score (nSPS) is 12.0. The lowest BCUT2D eigenvalue weighted by atomic mass is 10.1. The highest BCUT2D eigenvalue weighted by molar-refractivity contribution is 7.99. The fourth-order valence-corrected chi connectivity index (χ4v) is 3.66. The Kier molecular flexibility index (Phi) is 6.53. The number of hydrogen-bond donors (Lipinski definition) is 0. The standard InChI is InChI=1S/C20H21ClN4OS/c1-15(17-5-9-19(10-6-17)25-14-22-13-23-25)24(2)20(26)12-27-11-16-3-7-18(21)8-4-16/h3-10,13-15H,11-12H2,1-2H3/t15-/m1/s1. The van der Waals surface area contributed by atoms with Crippen molar-refractivity contribution < 1.29 is 4.79 Å². The van der Waals surface area contributed by atoms with E-state index >= 15 is 0 Å². The molecule has 1 aromatic heterocycles. The van der Waals surface area contributed by atoms with Gasteiger partial charge in [0.2, 0.25) is 5.91 Å². The van der Waals surface area contributed by atoms with Gasteiger partial charge >= 0.3 is 0 Å². The third kappa shape index (κ3) is 5.11. The average Bonchev–Trinajstić information content (AvgIpc) is 3.23. The Morgan fingerprint density at radius 2 is 1.89 bits per heavy atom. The monoisotopic (exact) mass is 400 g/mol. The molecule has 0 spiro atoms. The van der Waals surface area contributed by atoms with Crippen LogP contribution in [0, 0.1) is 0 Å². The fraction of sp³-hybridized carbons (Fsp3) is 0.250. The lowest BCUT2D eigenvalue weighted by molar-refractivity contribution is -0.128. The predicted molar refractivity (Wildman–Crippen MR) is 110 cm³/mol. The summed E-state index contributed by atoms with van der Waals surface area (Å²) < 4.78 is 1.71. The van der Waals surface area contributed by atoms with Gasteiger partial charge in [0.1, 0.15) is 12.7 Å². The lowest BCUT2D eigenvalue weighted by Crippen LogP contribution is -2.31. The zero-order valence-corrected chi connectivity index (χ0v) is 16.8. The van der Waals surface area contributed by atoms with Gasteiger partial charge in [-0.05, 0) is 42.3 Å². The van der Waals surface area contributed by atoms with E-state index in [0.29, 0.717) is 5.75 Å². The molecular weight excluding hydrogens is 380 g/mol. The van der Waals surface area contributed by atoms with E-state index in [9.17, 15) is 4.79 Å². The fourth-order valence-electron chi connectivity index (χ4n) is 2.63. The molecule has 0 unspecified atom stereocenters. The molecule has 0 aliphatic carbocycles. The van der Waals surface area contributed by atoms with E-state index in [4.69, 9.17) is 11.6 Å². The predicted octanol–water partition coefficient (Wildman–Crippen LogP) is 4.37. The smallest absolute Gasteiger partial charge is 0.232 e. The second kappa shape index (κ2) is 9.06. The molecule has 7 heteroatoms. The second-order valence-corrected chi connectivity index (χ2v) is 7.65. The minimum absolute atomic E-state index is 0.00146. The van der Waals surface area contributed by atoms with Gasteiger partial charge in [0.25, 0.3) is 0 Å². The van der Waals surface area contributed by atoms with E-state index < -0.39 is 0 Å². The van der Waals surface area contributed by atoms with E-state index in [-0.39, 0.29) is 11.9 Å². The lowest BCUT2D eigenvalue weighted by Gasteiger charge is -2.25. The number of thioether (sulfide) groups is 1. The van der Waals surface area contributed by atoms with Crippen molar-refractivity contribution in [2.24, 2.45) is 0 Å². The number of hydrogen-bond acceptors (Lipinski definition) is 4. The first-order chi connectivity index (χ1) is 13.0. The summed E-state index contributed by atoms with van der Waals surface area (Å²) in [6, 6.07) is 15.7. The van der Waals surface area contributed by atoms with Crippen LogP contribution >= 0.6 is 23.4 Å². The quantitative estimate of drug-likeness (QED) is 0.590. The van der Waals surface area contributed by atoms with Gasteiger partial charge in [0.05, 0.1) is 17.5 Å². The summed E-state index contributed by atoms with van der Waals surface area (Å²) in [5.74, 6) is 1.35. The molecule has 0 radical (unpaired) electrons. The molecule has 0 saturated heterocycles. The second-order valence-electron chi connectivity index (χ2n) is 6.23. The zero-order chi connectivity index (χ0) is 19.2. The van der Waals surface area contributed by atoms with Crippen molar-refractivity contribution >= 4 is 29.3 Å². The number of carbonyl (C=O) groups excluding carboxylic acids is 1. The van der Waals surface area contributed by atoms with Crippen molar-refractivity contribution in [1.82, 2.24) is 19.7 Å². The number of carbonyl (C=O) groups is 1. The Morgan fingerprint density at radius 1 is 1.19 bits per heavy atom. The van der Waals surface area contributed by atoms with Gasteiger partial charge in [-0.15, -0.1) is 11.8 Å². The third-order valence-electron chi connectivity index (χ3n) is 4.44. The van der Waals surface area contributed by atoms with Gasteiger partial charge in [-0.3, -0.25) is 4.79 Å². The number of halogens is 1. The number of amides is 1. The molecule has 0 N–H and O–H groups in total. The van der Waals surface area contributed by atoms with E-state index in [1.165, 1.54) is 6.33 Å². The number of aromatic nitrogens is 3. The molecule has 2 aromatic carbocycles. The van der Waals surface area contributed by atoms with Gasteiger partial charge in [0, 0.05) is 17.8 Å². The van der Waals surface area contributed by atoms with E-state index in [1.807, 2.05) is 62.5 Å². The van der Waals surface area contributed by atoms with E-state index in [2.05, 4.69) is 10.1 Å². The number of rotatable bonds is 7. The van der Waals surface area contributed by atoms with E-state index in [1.54, 1.807) is 27.7 Å². The third-order valence-corrected chi connectivity index (χ3v) is 5.68. The Hall–Kier alpha value is -2.31. The summed E-state index contributed by atoms with van der Waals surface area (Å²) >= 11 is 7.50. The maximum Gasteiger partial charge on any atom is 0.232 e. The maximum atomic E-state index is 12.5. The van der Waals surface area contributed by atoms with Crippen LogP contribution in [0.4, 0.5) is 0 Å². The highest BCUT2D eigenvalue weighted by Crippen LogP contribution is 2.22. The average molecular weight is 401 g/mol. The van der Waals surface area contributed by atoms with Crippen LogP contribution in [0.2, 0.25) is 5.02 Å². The topological polar surface area (TPSA) is 51.0 Å². The minimum Gasteiger partial charge on any atom is -0.338 e. The van der Waals surface area contributed by atoms with Crippen molar-refractivity contribution in [3.63, 3.8) is 0 Å². The summed E-state index contributed by atoms with van der Waals surface area (Å²) in [6.07, 6.45) is 3.16. The Labute approximate surface area is 168 Å². The Balaban J connectivity index is 1.53. The van der Waals surface area contributed by atoms with Crippen LogP contribution in [0.25, 0.3) is 5.69 Å². The molecule has 1 atom stereocenters. The Bertz CT molecular complexity index is 866. The Morgan fingerprint density at radius 3 is 2.52 bits per heavy atom. The van der Waals surface area contributed by atoms with Crippen LogP contribution in [0.1, 0.15) is 24.1 Å². The summed E-state index contributed by atoms with van der Waals surface area (Å²) in [5.41, 5.74) is 3.19. The summed E-state index contributed by atoms with van der Waals surface area (Å²) in [4.78, 5) is 18.3. The van der Waals surface area contributed by atoms with Crippen LogP contribution in [0.15, 0.2) is 61.2 Å². The molecule has 0 saturated carbocycles. The SMILES string of the molecule is C[C@H](c1ccc(-n2cncn2)cc1)N(C)C(=O)CSCc1ccc(Cl)cc1. The summed E-state index contributed by atoms with van der Waals surface area (Å²) in [6.45, 7) is 2.03. The number of nitrogens with zero attached hydrogens (tertiary/aromatic N) is 4. The first-order valence-electron chi connectivity index (χ1n) is 8.57. The molecule has 0 aliphatic heterocycles. The number of benzene rings is 2. The molecule has 140 valence electrons. The molecule has 27 heavy (non-hydrogen) atoms. The minimum atomic E-state index is -0.00146. The van der Waals surface area contributed by atoms with Crippen LogP contribution in [-0.2, 0) is 10.5 Å². The zero-order valence-electron chi connectivity index (χ0n) is 15.2. The van der Waals surface area contributed by atoms with Gasteiger partial charge < -0.3 is 4.90 Å². The molecule has 3 rings (SSSR count). The molecule has 5 nitrogen and oxygen atoms in total. The molecular formula is C20H21ClN4OS. The van der Waals surface area contributed by atoms with Crippen LogP contribution in [0.5, 0.6) is 0 Å². The molecule has 0 bridgehead atoms. The summed E-state index contributed by atoms with van der Waals surface area (Å²) in [5, 5.41) is 4.84. The highest BCUT2D eigenvalue weighted by Gasteiger charge is 2.17. The van der Waals surface area contributed by atoms with Gasteiger partial charge in [-0.25, -0.2) is 9.67 Å². The van der Waals surface area contributed by atoms with Crippen LogP contribution in [-0.4, -0.2) is 38.4 Å². The largest absolute Gasteiger partial charge is 0.338 e. The summed E-state index contributed by atoms with van der Waals surface area (Å²) in [7, 11) is 1.85.